The van der Waals surface area contributed by atoms with Crippen LogP contribution in [0.2, 0.25) is 0 Å². The number of fused-ring (bicyclic) bond motifs is 1. The summed E-state index contributed by atoms with van der Waals surface area (Å²) >= 11 is 0. The molecule has 74 valence electrons. The molecule has 0 aliphatic carbocycles. The van der Waals surface area contributed by atoms with Gasteiger partial charge in [0.05, 0.1) is 6.33 Å². The lowest BCUT2D eigenvalue weighted by molar-refractivity contribution is 0.411. The first-order chi connectivity index (χ1) is 6.54. The van der Waals surface area contributed by atoms with Gasteiger partial charge in [0.25, 0.3) is 0 Å². The van der Waals surface area contributed by atoms with Crippen molar-refractivity contribution >= 4 is 11.2 Å². The topological polar surface area (TPSA) is 41.6 Å². The lowest BCUT2D eigenvalue weighted by atomic mass is 9.89. The van der Waals surface area contributed by atoms with Crippen molar-refractivity contribution in [3.8, 4) is 0 Å². The first-order valence-corrected chi connectivity index (χ1v) is 4.83. The van der Waals surface area contributed by atoms with Gasteiger partial charge in [-0.25, -0.2) is 9.97 Å². The highest BCUT2D eigenvalue weighted by Crippen LogP contribution is 2.21. The van der Waals surface area contributed by atoms with Gasteiger partial charge in [-0.05, 0) is 23.5 Å². The maximum absolute atomic E-state index is 4.31. The Morgan fingerprint density at radius 3 is 2.79 bits per heavy atom. The summed E-state index contributed by atoms with van der Waals surface area (Å²) in [5.74, 6) is 0. The molecule has 0 amide bonds. The molecule has 0 unspecified atom stereocenters. The zero-order chi connectivity index (χ0) is 10.2. The van der Waals surface area contributed by atoms with Crippen molar-refractivity contribution in [1.82, 2.24) is 15.0 Å². The van der Waals surface area contributed by atoms with Crippen LogP contribution in [0.1, 0.15) is 26.3 Å². The predicted octanol–water partition coefficient (Wildman–Crippen LogP) is 2.55. The summed E-state index contributed by atoms with van der Waals surface area (Å²) in [6.45, 7) is 6.67. The molecule has 2 aromatic heterocycles. The second-order valence-corrected chi connectivity index (χ2v) is 4.85. The maximum atomic E-state index is 4.31. The molecule has 0 aliphatic rings. The van der Waals surface area contributed by atoms with E-state index in [4.69, 9.17) is 0 Å². The molecule has 3 heteroatoms. The fourth-order valence-corrected chi connectivity index (χ4v) is 1.58. The van der Waals surface area contributed by atoms with E-state index in [1.54, 1.807) is 6.33 Å². The molecule has 0 saturated heterocycles. The maximum Gasteiger partial charge on any atom is 0.157 e. The van der Waals surface area contributed by atoms with E-state index in [0.717, 1.165) is 17.6 Å². The van der Waals surface area contributed by atoms with Crippen molar-refractivity contribution in [3.05, 3.63) is 24.2 Å². The van der Waals surface area contributed by atoms with Gasteiger partial charge >= 0.3 is 0 Å². The largest absolute Gasteiger partial charge is 0.329 e. The van der Waals surface area contributed by atoms with E-state index in [0.29, 0.717) is 5.41 Å². The lowest BCUT2D eigenvalue weighted by Crippen LogP contribution is -2.09. The third-order valence-corrected chi connectivity index (χ3v) is 2.06. The highest BCUT2D eigenvalue weighted by molar-refractivity contribution is 5.70. The van der Waals surface area contributed by atoms with Crippen molar-refractivity contribution in [2.45, 2.75) is 27.2 Å². The van der Waals surface area contributed by atoms with Gasteiger partial charge in [-0.3, -0.25) is 0 Å². The third kappa shape index (κ3) is 1.92. The number of aromatic nitrogens is 3. The number of nitrogens with zero attached hydrogens (tertiary/aromatic N) is 2. The number of hydrogen-bond acceptors (Lipinski definition) is 2. The Labute approximate surface area is 83.6 Å². The summed E-state index contributed by atoms with van der Waals surface area (Å²) in [6, 6.07) is 2.10. The number of hydrogen-bond donors (Lipinski definition) is 1. The molecule has 0 aromatic carbocycles. The third-order valence-electron chi connectivity index (χ3n) is 2.06. The number of aromatic amines is 1. The second kappa shape index (κ2) is 3.08. The van der Waals surface area contributed by atoms with Crippen molar-refractivity contribution in [3.63, 3.8) is 0 Å². The number of rotatable bonds is 1. The summed E-state index contributed by atoms with van der Waals surface area (Å²) in [5, 5.41) is 0. The Morgan fingerprint density at radius 2 is 2.07 bits per heavy atom. The predicted molar refractivity (Wildman–Crippen MR) is 57.0 cm³/mol. The van der Waals surface area contributed by atoms with Gasteiger partial charge in [0, 0.05) is 6.20 Å². The monoisotopic (exact) mass is 189 g/mol. The molecule has 0 radical (unpaired) electrons. The van der Waals surface area contributed by atoms with E-state index >= 15 is 0 Å². The average Bonchev–Trinajstić information content (AvgIpc) is 2.47. The minimum absolute atomic E-state index is 0.297. The standard InChI is InChI=1S/C11H15N3/c1-11(2,3)5-8-4-9-10(12-6-8)14-7-13-9/h4,6-7H,5H2,1-3H3,(H,12,13,14). The van der Waals surface area contributed by atoms with Crippen LogP contribution in [0.3, 0.4) is 0 Å². The lowest BCUT2D eigenvalue weighted by Gasteiger charge is -2.17. The highest BCUT2D eigenvalue weighted by Gasteiger charge is 2.12. The highest BCUT2D eigenvalue weighted by atomic mass is 14.9. The second-order valence-electron chi connectivity index (χ2n) is 4.85. The zero-order valence-corrected chi connectivity index (χ0v) is 8.83. The number of H-pyrrole nitrogens is 1. The fourth-order valence-electron chi connectivity index (χ4n) is 1.58. The summed E-state index contributed by atoms with van der Waals surface area (Å²) in [4.78, 5) is 11.5. The van der Waals surface area contributed by atoms with Crippen molar-refractivity contribution < 1.29 is 0 Å². The molecule has 0 bridgehead atoms. The van der Waals surface area contributed by atoms with Crippen LogP contribution < -0.4 is 0 Å². The van der Waals surface area contributed by atoms with Crippen LogP contribution in [0.25, 0.3) is 11.2 Å². The van der Waals surface area contributed by atoms with Crippen LogP contribution >= 0.6 is 0 Å². The molecule has 0 spiro atoms. The first kappa shape index (κ1) is 9.19. The molecule has 2 heterocycles. The fraction of sp³-hybridized carbons (Fsp3) is 0.455. The number of pyridine rings is 1. The average molecular weight is 189 g/mol. The van der Waals surface area contributed by atoms with Gasteiger partial charge in [0.1, 0.15) is 5.52 Å². The minimum atomic E-state index is 0.297. The molecular weight excluding hydrogens is 174 g/mol. The van der Waals surface area contributed by atoms with Crippen molar-refractivity contribution in [2.24, 2.45) is 5.41 Å². The molecular formula is C11H15N3. The van der Waals surface area contributed by atoms with Crippen LogP contribution in [0.15, 0.2) is 18.6 Å². The van der Waals surface area contributed by atoms with Gasteiger partial charge < -0.3 is 4.98 Å². The van der Waals surface area contributed by atoms with E-state index in [-0.39, 0.29) is 0 Å². The Hall–Kier alpha value is -1.38. The van der Waals surface area contributed by atoms with Gasteiger partial charge in [0.15, 0.2) is 5.65 Å². The van der Waals surface area contributed by atoms with Crippen LogP contribution in [0.4, 0.5) is 0 Å². The molecule has 0 aliphatic heterocycles. The van der Waals surface area contributed by atoms with Crippen LogP contribution in [-0.2, 0) is 6.42 Å². The first-order valence-electron chi connectivity index (χ1n) is 4.83. The van der Waals surface area contributed by atoms with Gasteiger partial charge in [-0.1, -0.05) is 20.8 Å². The van der Waals surface area contributed by atoms with E-state index < -0.39 is 0 Å². The van der Waals surface area contributed by atoms with E-state index in [1.165, 1.54) is 5.56 Å². The van der Waals surface area contributed by atoms with Crippen LogP contribution in [0.5, 0.6) is 0 Å². The van der Waals surface area contributed by atoms with E-state index in [2.05, 4.69) is 41.8 Å². The van der Waals surface area contributed by atoms with Gasteiger partial charge in [-0.15, -0.1) is 0 Å². The Balaban J connectivity index is 2.35. The Kier molecular flexibility index (Phi) is 2.02. The summed E-state index contributed by atoms with van der Waals surface area (Å²) < 4.78 is 0. The van der Waals surface area contributed by atoms with Crippen molar-refractivity contribution in [1.29, 1.82) is 0 Å². The van der Waals surface area contributed by atoms with Crippen LogP contribution in [0, 0.1) is 5.41 Å². The molecule has 2 aromatic rings. The van der Waals surface area contributed by atoms with Crippen LogP contribution in [-0.4, -0.2) is 15.0 Å². The molecule has 0 saturated carbocycles. The number of imidazole rings is 1. The van der Waals surface area contributed by atoms with Crippen molar-refractivity contribution in [2.75, 3.05) is 0 Å². The molecule has 0 atom stereocenters. The van der Waals surface area contributed by atoms with E-state index in [9.17, 15) is 0 Å². The zero-order valence-electron chi connectivity index (χ0n) is 8.83. The Morgan fingerprint density at radius 1 is 1.29 bits per heavy atom. The normalized spacial score (nSPS) is 12.2. The summed E-state index contributed by atoms with van der Waals surface area (Å²) in [5.41, 5.74) is 3.36. The SMILES string of the molecule is CC(C)(C)Cc1cnc2[nH]cnc2c1. The summed E-state index contributed by atoms with van der Waals surface area (Å²) in [6.07, 6.45) is 4.63. The van der Waals surface area contributed by atoms with Gasteiger partial charge in [0.2, 0.25) is 0 Å². The summed E-state index contributed by atoms with van der Waals surface area (Å²) in [7, 11) is 0. The molecule has 3 nitrogen and oxygen atoms in total. The van der Waals surface area contributed by atoms with E-state index in [1.807, 2.05) is 6.20 Å². The molecule has 1 N–H and O–H groups in total. The quantitative estimate of drug-likeness (QED) is 0.749. The Bertz CT molecular complexity index is 437. The minimum Gasteiger partial charge on any atom is -0.329 e. The molecule has 14 heavy (non-hydrogen) atoms. The molecule has 2 rings (SSSR count). The number of nitrogens with one attached hydrogen (secondary N) is 1. The van der Waals surface area contributed by atoms with Gasteiger partial charge in [-0.2, -0.15) is 0 Å². The smallest absolute Gasteiger partial charge is 0.157 e. The molecule has 0 fully saturated rings.